The fraction of sp³-hybridized carbons (Fsp3) is 0.323. The number of para-hydroxylation sites is 1. The predicted octanol–water partition coefficient (Wildman–Crippen LogP) is 3.83. The minimum Gasteiger partial charge on any atom is -0.508 e. The van der Waals surface area contributed by atoms with Crippen molar-refractivity contribution in [3.8, 4) is 11.5 Å². The van der Waals surface area contributed by atoms with E-state index in [0.29, 0.717) is 44.6 Å². The average Bonchev–Trinajstić information content (AvgIpc) is 2.93. The Morgan fingerprint density at radius 3 is 2.30 bits per heavy atom. The van der Waals surface area contributed by atoms with Crippen molar-refractivity contribution in [3.05, 3.63) is 93.1 Å². The molecule has 0 bridgehead atoms. The monoisotopic (exact) mass is 657 g/mol. The van der Waals surface area contributed by atoms with Crippen LogP contribution in [0.15, 0.2) is 72.8 Å². The highest BCUT2D eigenvalue weighted by molar-refractivity contribution is 14.1. The average molecular weight is 658 g/mol. The van der Waals surface area contributed by atoms with Gasteiger partial charge in [0.15, 0.2) is 6.61 Å². The van der Waals surface area contributed by atoms with Crippen LogP contribution in [0.1, 0.15) is 23.1 Å². The summed E-state index contributed by atoms with van der Waals surface area (Å²) < 4.78 is 6.84. The van der Waals surface area contributed by atoms with Gasteiger partial charge in [-0.3, -0.25) is 14.4 Å². The molecule has 8 nitrogen and oxygen atoms in total. The molecule has 40 heavy (non-hydrogen) atoms. The maximum atomic E-state index is 12.8. The van der Waals surface area contributed by atoms with Crippen LogP contribution in [0.5, 0.6) is 11.5 Å². The van der Waals surface area contributed by atoms with Crippen LogP contribution in [0.3, 0.4) is 0 Å². The quantitative estimate of drug-likeness (QED) is 0.257. The van der Waals surface area contributed by atoms with Gasteiger partial charge in [-0.05, 0) is 82.5 Å². The Kier molecular flexibility index (Phi) is 12.3. The summed E-state index contributed by atoms with van der Waals surface area (Å²) in [6.07, 6.45) is 1.69. The van der Waals surface area contributed by atoms with E-state index in [-0.39, 0.29) is 36.5 Å². The highest BCUT2D eigenvalue weighted by Gasteiger charge is 2.15. The van der Waals surface area contributed by atoms with Crippen molar-refractivity contribution in [2.45, 2.75) is 25.7 Å². The first-order valence-corrected chi connectivity index (χ1v) is 14.3. The molecule has 0 aromatic heterocycles. The van der Waals surface area contributed by atoms with E-state index in [0.717, 1.165) is 20.3 Å². The number of amides is 3. The molecule has 9 heteroatoms. The first kappa shape index (κ1) is 30.9. The van der Waals surface area contributed by atoms with E-state index >= 15 is 0 Å². The predicted molar refractivity (Wildman–Crippen MR) is 163 cm³/mol. The van der Waals surface area contributed by atoms with Crippen LogP contribution in [0.2, 0.25) is 0 Å². The number of halogens is 1. The van der Waals surface area contributed by atoms with Crippen LogP contribution in [0.25, 0.3) is 0 Å². The lowest BCUT2D eigenvalue weighted by molar-refractivity contribution is -0.133. The Labute approximate surface area is 249 Å². The van der Waals surface area contributed by atoms with Gasteiger partial charge in [-0.2, -0.15) is 0 Å². The number of hydrogen-bond acceptors (Lipinski definition) is 5. The molecule has 3 amide bonds. The maximum Gasteiger partial charge on any atom is 0.257 e. The lowest BCUT2D eigenvalue weighted by atomic mass is 10.1. The SMILES string of the molecule is CN(CCN(C)C(=O)Cc1cccc(I)c1)C(=O)CCc1ccccc1OCC(=O)NCCc1cccc(O)c1. The van der Waals surface area contributed by atoms with Crippen LogP contribution in [-0.2, 0) is 33.6 Å². The third kappa shape index (κ3) is 10.5. The van der Waals surface area contributed by atoms with Crippen molar-refractivity contribution in [1.82, 2.24) is 15.1 Å². The molecule has 0 saturated carbocycles. The molecule has 0 spiro atoms. The first-order valence-electron chi connectivity index (χ1n) is 13.2. The van der Waals surface area contributed by atoms with Crippen LogP contribution in [0, 0.1) is 3.57 Å². The molecule has 3 aromatic carbocycles. The zero-order chi connectivity index (χ0) is 28.9. The second-order valence-electron chi connectivity index (χ2n) is 9.60. The second-order valence-corrected chi connectivity index (χ2v) is 10.8. The molecule has 212 valence electrons. The van der Waals surface area contributed by atoms with Crippen LogP contribution < -0.4 is 10.1 Å². The van der Waals surface area contributed by atoms with Crippen LogP contribution in [0.4, 0.5) is 0 Å². The summed E-state index contributed by atoms with van der Waals surface area (Å²) in [5.74, 6) is 0.508. The van der Waals surface area contributed by atoms with Crippen molar-refractivity contribution in [3.63, 3.8) is 0 Å². The van der Waals surface area contributed by atoms with Gasteiger partial charge < -0.3 is 25.0 Å². The molecular formula is C31H36IN3O5. The summed E-state index contributed by atoms with van der Waals surface area (Å²) in [6, 6.07) is 22.2. The summed E-state index contributed by atoms with van der Waals surface area (Å²) in [7, 11) is 3.49. The number of carbonyl (C=O) groups excluding carboxylic acids is 3. The molecule has 3 aromatic rings. The molecule has 0 unspecified atom stereocenters. The summed E-state index contributed by atoms with van der Waals surface area (Å²) in [5, 5.41) is 12.4. The number of aromatic hydroxyl groups is 1. The van der Waals surface area contributed by atoms with E-state index < -0.39 is 0 Å². The normalized spacial score (nSPS) is 10.6. The molecule has 0 heterocycles. The minimum absolute atomic E-state index is 0.0114. The number of ether oxygens (including phenoxy) is 1. The van der Waals surface area contributed by atoms with E-state index in [1.165, 1.54) is 0 Å². The van der Waals surface area contributed by atoms with Gasteiger partial charge in [0.2, 0.25) is 11.8 Å². The van der Waals surface area contributed by atoms with Crippen molar-refractivity contribution in [2.75, 3.05) is 40.3 Å². The largest absolute Gasteiger partial charge is 0.508 e. The summed E-state index contributed by atoms with van der Waals surface area (Å²) in [5.41, 5.74) is 2.75. The van der Waals surface area contributed by atoms with Crippen molar-refractivity contribution in [1.29, 1.82) is 0 Å². The fourth-order valence-electron chi connectivity index (χ4n) is 4.04. The van der Waals surface area contributed by atoms with E-state index in [1.54, 1.807) is 48.2 Å². The molecule has 0 aliphatic carbocycles. The van der Waals surface area contributed by atoms with Gasteiger partial charge in [0, 0.05) is 43.7 Å². The summed E-state index contributed by atoms with van der Waals surface area (Å²) in [4.78, 5) is 40.9. The van der Waals surface area contributed by atoms with Gasteiger partial charge in [-0.25, -0.2) is 0 Å². The third-order valence-corrected chi connectivity index (χ3v) is 7.12. The van der Waals surface area contributed by atoms with Gasteiger partial charge >= 0.3 is 0 Å². The molecule has 0 saturated heterocycles. The van der Waals surface area contributed by atoms with Gasteiger partial charge in [-0.15, -0.1) is 0 Å². The Bertz CT molecular complexity index is 1300. The number of hydrogen-bond donors (Lipinski definition) is 2. The number of phenols is 1. The topological polar surface area (TPSA) is 99.2 Å². The third-order valence-electron chi connectivity index (χ3n) is 6.45. The number of phenolic OH excluding ortho intramolecular Hbond substituents is 1. The number of carbonyl (C=O) groups is 3. The minimum atomic E-state index is -0.244. The zero-order valence-corrected chi connectivity index (χ0v) is 25.1. The van der Waals surface area contributed by atoms with Gasteiger partial charge in [-0.1, -0.05) is 42.5 Å². The van der Waals surface area contributed by atoms with E-state index in [4.69, 9.17) is 4.74 Å². The molecule has 0 aliphatic rings. The number of nitrogens with one attached hydrogen (secondary N) is 1. The lowest BCUT2D eigenvalue weighted by Gasteiger charge is -2.23. The van der Waals surface area contributed by atoms with Crippen LogP contribution >= 0.6 is 22.6 Å². The molecule has 0 atom stereocenters. The standard InChI is InChI=1S/C31H36IN3O5/c1-34(17-18-35(2)31(39)21-24-8-5-10-26(32)19-24)30(38)14-13-25-9-3-4-12-28(25)40-22-29(37)33-16-15-23-7-6-11-27(36)20-23/h3-12,19-20,36H,13-18,21-22H2,1-2H3,(H,33,37). The van der Waals surface area contributed by atoms with E-state index in [1.807, 2.05) is 48.5 Å². The Hall–Kier alpha value is -3.60. The molecule has 0 radical (unpaired) electrons. The van der Waals surface area contributed by atoms with Crippen molar-refractivity contribution < 1.29 is 24.2 Å². The summed E-state index contributed by atoms with van der Waals surface area (Å²) in [6.45, 7) is 1.19. The number of rotatable bonds is 14. The Balaban J connectivity index is 1.39. The van der Waals surface area contributed by atoms with E-state index in [2.05, 4.69) is 27.9 Å². The second kappa shape index (κ2) is 15.9. The molecule has 0 aliphatic heterocycles. The Morgan fingerprint density at radius 2 is 1.55 bits per heavy atom. The molecule has 3 rings (SSSR count). The molecular weight excluding hydrogens is 621 g/mol. The zero-order valence-electron chi connectivity index (χ0n) is 22.9. The van der Waals surface area contributed by atoms with Gasteiger partial charge in [0.1, 0.15) is 11.5 Å². The number of nitrogens with zero attached hydrogens (tertiary/aromatic N) is 2. The highest BCUT2D eigenvalue weighted by atomic mass is 127. The number of benzene rings is 3. The van der Waals surface area contributed by atoms with Crippen molar-refractivity contribution >= 4 is 40.3 Å². The lowest BCUT2D eigenvalue weighted by Crippen LogP contribution is -2.38. The molecule has 0 fully saturated rings. The number of aryl methyl sites for hydroxylation is 1. The van der Waals surface area contributed by atoms with Crippen LogP contribution in [-0.4, -0.2) is 73.0 Å². The first-order chi connectivity index (χ1) is 19.2. The highest BCUT2D eigenvalue weighted by Crippen LogP contribution is 2.20. The van der Waals surface area contributed by atoms with Gasteiger partial charge in [0.05, 0.1) is 6.42 Å². The van der Waals surface area contributed by atoms with Crippen molar-refractivity contribution in [2.24, 2.45) is 0 Å². The summed E-state index contributed by atoms with van der Waals surface area (Å²) >= 11 is 2.23. The van der Waals surface area contributed by atoms with E-state index in [9.17, 15) is 19.5 Å². The Morgan fingerprint density at radius 1 is 0.850 bits per heavy atom. The fourth-order valence-corrected chi connectivity index (χ4v) is 4.65. The number of likely N-dealkylation sites (N-methyl/N-ethyl adjacent to an activating group) is 2. The maximum absolute atomic E-state index is 12.8. The smallest absolute Gasteiger partial charge is 0.257 e. The molecule has 2 N–H and O–H groups in total. The van der Waals surface area contributed by atoms with Gasteiger partial charge in [0.25, 0.3) is 5.91 Å².